The van der Waals surface area contributed by atoms with Gasteiger partial charge in [0.25, 0.3) is 0 Å². The van der Waals surface area contributed by atoms with E-state index in [0.29, 0.717) is 0 Å². The van der Waals surface area contributed by atoms with Crippen LogP contribution in [0, 0.1) is 11.3 Å². The minimum atomic E-state index is 0.229. The van der Waals surface area contributed by atoms with Crippen LogP contribution in [0.2, 0.25) is 0 Å². The summed E-state index contributed by atoms with van der Waals surface area (Å²) in [6.45, 7) is 7.40. The van der Waals surface area contributed by atoms with Gasteiger partial charge in [-0.3, -0.25) is 0 Å². The molecule has 0 saturated carbocycles. The SMILES string of the molecule is CN(C)CC1CCN(CC2(CN)CCCOC2)CC1. The summed E-state index contributed by atoms with van der Waals surface area (Å²) in [7, 11) is 4.35. The van der Waals surface area contributed by atoms with Gasteiger partial charge in [0.1, 0.15) is 0 Å². The molecule has 0 amide bonds. The summed E-state index contributed by atoms with van der Waals surface area (Å²) in [5.74, 6) is 0.877. The Morgan fingerprint density at radius 2 is 2.05 bits per heavy atom. The summed E-state index contributed by atoms with van der Waals surface area (Å²) >= 11 is 0. The summed E-state index contributed by atoms with van der Waals surface area (Å²) in [6.07, 6.45) is 5.08. The average molecular weight is 269 g/mol. The van der Waals surface area contributed by atoms with Crippen molar-refractivity contribution in [2.45, 2.75) is 25.7 Å². The summed E-state index contributed by atoms with van der Waals surface area (Å²) < 4.78 is 5.68. The number of rotatable bonds is 5. The first-order valence-electron chi connectivity index (χ1n) is 7.78. The van der Waals surface area contributed by atoms with E-state index in [0.717, 1.165) is 32.2 Å². The Hall–Kier alpha value is -0.160. The molecule has 2 aliphatic heterocycles. The second kappa shape index (κ2) is 7.02. The first kappa shape index (κ1) is 15.2. The molecule has 0 aromatic carbocycles. The molecule has 2 N–H and O–H groups in total. The lowest BCUT2D eigenvalue weighted by Gasteiger charge is -2.42. The lowest BCUT2D eigenvalue weighted by molar-refractivity contribution is -0.0269. The first-order chi connectivity index (χ1) is 9.13. The molecule has 2 heterocycles. The number of likely N-dealkylation sites (tertiary alicyclic amines) is 1. The predicted molar refractivity (Wildman–Crippen MR) is 79.3 cm³/mol. The summed E-state index contributed by atoms with van der Waals surface area (Å²) in [4.78, 5) is 4.93. The van der Waals surface area contributed by atoms with Gasteiger partial charge in [-0.05, 0) is 58.8 Å². The Labute approximate surface area is 118 Å². The average Bonchev–Trinajstić information content (AvgIpc) is 2.41. The molecule has 1 unspecified atom stereocenters. The van der Waals surface area contributed by atoms with E-state index in [-0.39, 0.29) is 5.41 Å². The smallest absolute Gasteiger partial charge is 0.0546 e. The van der Waals surface area contributed by atoms with Crippen molar-refractivity contribution in [2.24, 2.45) is 17.1 Å². The zero-order valence-corrected chi connectivity index (χ0v) is 12.7. The van der Waals surface area contributed by atoms with Gasteiger partial charge in [0, 0.05) is 31.7 Å². The van der Waals surface area contributed by atoms with Gasteiger partial charge in [-0.2, -0.15) is 0 Å². The van der Waals surface area contributed by atoms with Crippen molar-refractivity contribution < 1.29 is 4.74 Å². The molecule has 112 valence electrons. The highest BCUT2D eigenvalue weighted by atomic mass is 16.5. The van der Waals surface area contributed by atoms with Crippen LogP contribution in [-0.2, 0) is 4.74 Å². The molecule has 0 spiro atoms. The van der Waals surface area contributed by atoms with Gasteiger partial charge in [-0.1, -0.05) is 0 Å². The van der Waals surface area contributed by atoms with Gasteiger partial charge in [-0.25, -0.2) is 0 Å². The highest BCUT2D eigenvalue weighted by molar-refractivity contribution is 4.87. The number of piperidine rings is 1. The molecule has 0 bridgehead atoms. The maximum atomic E-state index is 6.04. The van der Waals surface area contributed by atoms with E-state index in [2.05, 4.69) is 23.9 Å². The van der Waals surface area contributed by atoms with Crippen LogP contribution in [0.1, 0.15) is 25.7 Å². The van der Waals surface area contributed by atoms with Gasteiger partial charge < -0.3 is 20.3 Å². The first-order valence-corrected chi connectivity index (χ1v) is 7.78. The number of ether oxygens (including phenoxy) is 1. The topological polar surface area (TPSA) is 41.7 Å². The van der Waals surface area contributed by atoms with Gasteiger partial charge in [0.05, 0.1) is 6.61 Å². The van der Waals surface area contributed by atoms with Crippen LogP contribution in [-0.4, -0.2) is 69.8 Å². The molecule has 2 fully saturated rings. The lowest BCUT2D eigenvalue weighted by Crippen LogP contribution is -2.50. The van der Waals surface area contributed by atoms with Crippen LogP contribution >= 0.6 is 0 Å². The van der Waals surface area contributed by atoms with E-state index in [9.17, 15) is 0 Å². The fraction of sp³-hybridized carbons (Fsp3) is 1.00. The number of nitrogens with zero attached hydrogens (tertiary/aromatic N) is 2. The highest BCUT2D eigenvalue weighted by Gasteiger charge is 2.34. The van der Waals surface area contributed by atoms with Crippen molar-refractivity contribution in [1.29, 1.82) is 0 Å². The van der Waals surface area contributed by atoms with Gasteiger partial charge in [0.15, 0.2) is 0 Å². The Bertz CT molecular complexity index is 256. The monoisotopic (exact) mass is 269 g/mol. The molecule has 0 radical (unpaired) electrons. The minimum absolute atomic E-state index is 0.229. The normalized spacial score (nSPS) is 30.9. The molecule has 2 aliphatic rings. The largest absolute Gasteiger partial charge is 0.381 e. The highest BCUT2D eigenvalue weighted by Crippen LogP contribution is 2.30. The van der Waals surface area contributed by atoms with Crippen molar-refractivity contribution in [2.75, 3.05) is 60.0 Å². The molecule has 0 aliphatic carbocycles. The molecule has 4 heteroatoms. The zero-order valence-electron chi connectivity index (χ0n) is 12.7. The molecular weight excluding hydrogens is 238 g/mol. The fourth-order valence-electron chi connectivity index (χ4n) is 3.58. The Morgan fingerprint density at radius 3 is 2.58 bits per heavy atom. The third-order valence-corrected chi connectivity index (χ3v) is 4.73. The van der Waals surface area contributed by atoms with Crippen LogP contribution in [0.4, 0.5) is 0 Å². The quantitative estimate of drug-likeness (QED) is 0.809. The van der Waals surface area contributed by atoms with E-state index in [1.165, 1.54) is 45.3 Å². The second-order valence-corrected chi connectivity index (χ2v) is 6.84. The van der Waals surface area contributed by atoms with E-state index in [1.807, 2.05) is 0 Å². The standard InChI is InChI=1S/C15H31N3O/c1-17(2)10-14-4-7-18(8-5-14)12-15(11-16)6-3-9-19-13-15/h14H,3-13,16H2,1-2H3. The van der Waals surface area contributed by atoms with E-state index in [4.69, 9.17) is 10.5 Å². The summed E-state index contributed by atoms with van der Waals surface area (Å²) in [5, 5.41) is 0. The summed E-state index contributed by atoms with van der Waals surface area (Å²) in [5.41, 5.74) is 6.26. The third-order valence-electron chi connectivity index (χ3n) is 4.73. The van der Waals surface area contributed by atoms with Crippen molar-refractivity contribution >= 4 is 0 Å². The predicted octanol–water partition coefficient (Wildman–Crippen LogP) is 1.02. The van der Waals surface area contributed by atoms with Gasteiger partial charge >= 0.3 is 0 Å². The Kier molecular flexibility index (Phi) is 5.63. The maximum absolute atomic E-state index is 6.04. The van der Waals surface area contributed by atoms with Crippen LogP contribution in [0.3, 0.4) is 0 Å². The van der Waals surface area contributed by atoms with E-state index in [1.54, 1.807) is 0 Å². The van der Waals surface area contributed by atoms with Crippen LogP contribution in [0.25, 0.3) is 0 Å². The molecule has 2 saturated heterocycles. The van der Waals surface area contributed by atoms with Crippen LogP contribution in [0.15, 0.2) is 0 Å². The minimum Gasteiger partial charge on any atom is -0.381 e. The molecule has 2 rings (SSSR count). The fourth-order valence-corrected chi connectivity index (χ4v) is 3.58. The number of hydrogen-bond donors (Lipinski definition) is 1. The van der Waals surface area contributed by atoms with Crippen molar-refractivity contribution in [3.05, 3.63) is 0 Å². The third kappa shape index (κ3) is 4.42. The zero-order chi connectivity index (χ0) is 13.7. The molecule has 19 heavy (non-hydrogen) atoms. The van der Waals surface area contributed by atoms with Crippen LogP contribution in [0.5, 0.6) is 0 Å². The maximum Gasteiger partial charge on any atom is 0.0546 e. The molecule has 0 aromatic heterocycles. The van der Waals surface area contributed by atoms with Crippen molar-refractivity contribution in [3.8, 4) is 0 Å². The van der Waals surface area contributed by atoms with E-state index >= 15 is 0 Å². The Balaban J connectivity index is 1.77. The molecule has 0 aromatic rings. The van der Waals surface area contributed by atoms with Crippen molar-refractivity contribution in [3.63, 3.8) is 0 Å². The Morgan fingerprint density at radius 1 is 1.32 bits per heavy atom. The second-order valence-electron chi connectivity index (χ2n) is 6.84. The lowest BCUT2D eigenvalue weighted by atomic mass is 9.81. The number of nitrogens with two attached hydrogens (primary N) is 1. The molecule has 4 nitrogen and oxygen atoms in total. The number of hydrogen-bond acceptors (Lipinski definition) is 4. The van der Waals surface area contributed by atoms with Crippen LogP contribution < -0.4 is 5.73 Å². The molecular formula is C15H31N3O. The van der Waals surface area contributed by atoms with Gasteiger partial charge in [-0.15, -0.1) is 0 Å². The summed E-state index contributed by atoms with van der Waals surface area (Å²) in [6, 6.07) is 0. The van der Waals surface area contributed by atoms with E-state index < -0.39 is 0 Å². The molecule has 1 atom stereocenters. The van der Waals surface area contributed by atoms with Gasteiger partial charge in [0.2, 0.25) is 0 Å². The van der Waals surface area contributed by atoms with Crippen molar-refractivity contribution in [1.82, 2.24) is 9.80 Å².